The third-order valence-corrected chi connectivity index (χ3v) is 2.32. The molecule has 17 heavy (non-hydrogen) atoms. The van der Waals surface area contributed by atoms with Crippen LogP contribution in [0, 0.1) is 5.92 Å². The fraction of sp³-hybridized carbons (Fsp3) is 0.455. The summed E-state index contributed by atoms with van der Waals surface area (Å²) < 4.78 is 44.8. The first kappa shape index (κ1) is 12.0. The van der Waals surface area contributed by atoms with Gasteiger partial charge in [0.25, 0.3) is 0 Å². The summed E-state index contributed by atoms with van der Waals surface area (Å²) in [5, 5.41) is 4.04. The van der Waals surface area contributed by atoms with Gasteiger partial charge >= 0.3 is 6.36 Å². The highest BCUT2D eigenvalue weighted by Gasteiger charge is 2.31. The Bertz CT molecular complexity index is 360. The zero-order valence-corrected chi connectivity index (χ0v) is 8.91. The summed E-state index contributed by atoms with van der Waals surface area (Å²) in [6.07, 6.45) is -4.66. The van der Waals surface area contributed by atoms with E-state index < -0.39 is 6.36 Å². The second-order valence-corrected chi connectivity index (χ2v) is 3.78. The predicted octanol–water partition coefficient (Wildman–Crippen LogP) is 2.20. The quantitative estimate of drug-likeness (QED) is 0.815. The van der Waals surface area contributed by atoms with Crippen LogP contribution < -0.4 is 14.8 Å². The van der Waals surface area contributed by atoms with Crippen molar-refractivity contribution in [1.29, 1.82) is 0 Å². The lowest BCUT2D eigenvalue weighted by Crippen LogP contribution is -2.39. The minimum absolute atomic E-state index is 0.247. The molecule has 0 N–H and O–H groups in total. The third kappa shape index (κ3) is 3.81. The van der Waals surface area contributed by atoms with Gasteiger partial charge in [0.1, 0.15) is 11.5 Å². The summed E-state index contributed by atoms with van der Waals surface area (Å²) in [7, 11) is 0. The number of alkyl halides is 3. The van der Waals surface area contributed by atoms with Crippen molar-refractivity contribution in [3.63, 3.8) is 0 Å². The Morgan fingerprint density at radius 1 is 1.12 bits per heavy atom. The Hall–Kier alpha value is -1.43. The minimum atomic E-state index is -4.66. The Balaban J connectivity index is 1.84. The minimum Gasteiger partial charge on any atom is -0.493 e. The first-order valence-corrected chi connectivity index (χ1v) is 5.15. The standard InChI is InChI=1S/C11H11F3NO2/c12-11(13,14)17-10-3-1-9(2-4-10)16-7-8-5-15-6-8/h1-4,8H,5-7H2. The number of hydrogen-bond donors (Lipinski definition) is 0. The van der Waals surface area contributed by atoms with Gasteiger partial charge in [-0.25, -0.2) is 5.32 Å². The lowest BCUT2D eigenvalue weighted by Gasteiger charge is -2.24. The molecular formula is C11H11F3NO2. The monoisotopic (exact) mass is 246 g/mol. The number of benzene rings is 1. The van der Waals surface area contributed by atoms with Gasteiger partial charge in [0.15, 0.2) is 0 Å². The van der Waals surface area contributed by atoms with Crippen molar-refractivity contribution >= 4 is 0 Å². The zero-order valence-electron chi connectivity index (χ0n) is 8.91. The second-order valence-electron chi connectivity index (χ2n) is 3.78. The molecule has 1 saturated heterocycles. The van der Waals surface area contributed by atoms with Crippen molar-refractivity contribution in [2.24, 2.45) is 5.92 Å². The molecule has 0 bridgehead atoms. The SMILES string of the molecule is FC(F)(F)Oc1ccc(OCC2C[N]C2)cc1. The second kappa shape index (κ2) is 4.83. The van der Waals surface area contributed by atoms with E-state index in [2.05, 4.69) is 10.1 Å². The van der Waals surface area contributed by atoms with Gasteiger partial charge < -0.3 is 9.47 Å². The first-order valence-electron chi connectivity index (χ1n) is 5.15. The van der Waals surface area contributed by atoms with E-state index in [0.29, 0.717) is 18.3 Å². The van der Waals surface area contributed by atoms with E-state index in [1.54, 1.807) is 0 Å². The maximum absolute atomic E-state index is 11.9. The molecule has 1 heterocycles. The van der Waals surface area contributed by atoms with Crippen LogP contribution in [-0.2, 0) is 0 Å². The van der Waals surface area contributed by atoms with Crippen LogP contribution in [0.1, 0.15) is 0 Å². The molecule has 0 unspecified atom stereocenters. The van der Waals surface area contributed by atoms with Crippen LogP contribution in [0.2, 0.25) is 0 Å². The molecule has 1 aromatic carbocycles. The fourth-order valence-electron chi connectivity index (χ4n) is 1.37. The van der Waals surface area contributed by atoms with Gasteiger partial charge in [0, 0.05) is 19.0 Å². The highest BCUT2D eigenvalue weighted by Crippen LogP contribution is 2.24. The Morgan fingerprint density at radius 3 is 2.18 bits per heavy atom. The van der Waals surface area contributed by atoms with E-state index >= 15 is 0 Å². The van der Waals surface area contributed by atoms with Crippen molar-refractivity contribution in [3.8, 4) is 11.5 Å². The van der Waals surface area contributed by atoms with Gasteiger partial charge in [0.2, 0.25) is 0 Å². The Kier molecular flexibility index (Phi) is 3.42. The smallest absolute Gasteiger partial charge is 0.493 e. The zero-order chi connectivity index (χ0) is 12.3. The normalized spacial score (nSPS) is 16.4. The Morgan fingerprint density at radius 2 is 1.71 bits per heavy atom. The summed E-state index contributed by atoms with van der Waals surface area (Å²) in [6, 6.07) is 5.37. The lowest BCUT2D eigenvalue weighted by atomic mass is 10.1. The number of nitrogens with zero attached hydrogens (tertiary/aromatic N) is 1. The molecular weight excluding hydrogens is 235 g/mol. The van der Waals surface area contributed by atoms with E-state index in [-0.39, 0.29) is 5.75 Å². The summed E-state index contributed by atoms with van der Waals surface area (Å²) in [5.41, 5.74) is 0. The molecule has 1 radical (unpaired) electrons. The average molecular weight is 246 g/mol. The van der Waals surface area contributed by atoms with Crippen molar-refractivity contribution in [3.05, 3.63) is 24.3 Å². The number of rotatable bonds is 4. The van der Waals surface area contributed by atoms with Gasteiger partial charge in [-0.15, -0.1) is 13.2 Å². The topological polar surface area (TPSA) is 32.6 Å². The van der Waals surface area contributed by atoms with Gasteiger partial charge in [-0.1, -0.05) is 0 Å². The molecule has 1 aromatic rings. The van der Waals surface area contributed by atoms with Crippen molar-refractivity contribution in [2.45, 2.75) is 6.36 Å². The van der Waals surface area contributed by atoms with Gasteiger partial charge in [0.05, 0.1) is 6.61 Å². The fourth-order valence-corrected chi connectivity index (χ4v) is 1.37. The summed E-state index contributed by atoms with van der Waals surface area (Å²) >= 11 is 0. The third-order valence-electron chi connectivity index (χ3n) is 2.32. The van der Waals surface area contributed by atoms with E-state index in [4.69, 9.17) is 4.74 Å². The Labute approximate surface area is 96.5 Å². The molecule has 0 amide bonds. The summed E-state index contributed by atoms with van der Waals surface area (Å²) in [6.45, 7) is 2.15. The van der Waals surface area contributed by atoms with Crippen LogP contribution in [0.5, 0.6) is 11.5 Å². The molecule has 1 aliphatic heterocycles. The van der Waals surface area contributed by atoms with Crippen molar-refractivity contribution in [2.75, 3.05) is 19.7 Å². The summed E-state index contributed by atoms with van der Waals surface area (Å²) in [4.78, 5) is 0. The van der Waals surface area contributed by atoms with Crippen molar-refractivity contribution < 1.29 is 22.6 Å². The lowest BCUT2D eigenvalue weighted by molar-refractivity contribution is -0.274. The molecule has 1 fully saturated rings. The van der Waals surface area contributed by atoms with E-state index in [1.807, 2.05) is 0 Å². The van der Waals surface area contributed by atoms with Crippen LogP contribution >= 0.6 is 0 Å². The summed E-state index contributed by atoms with van der Waals surface area (Å²) in [5.74, 6) is 0.719. The van der Waals surface area contributed by atoms with Crippen LogP contribution in [0.4, 0.5) is 13.2 Å². The number of halogens is 3. The molecule has 93 valence electrons. The van der Waals surface area contributed by atoms with Crippen LogP contribution in [0.25, 0.3) is 0 Å². The van der Waals surface area contributed by atoms with Gasteiger partial charge in [-0.05, 0) is 24.3 Å². The molecule has 0 aliphatic carbocycles. The number of hydrogen-bond acceptors (Lipinski definition) is 2. The maximum Gasteiger partial charge on any atom is 0.573 e. The molecule has 0 atom stereocenters. The first-order chi connectivity index (χ1) is 8.03. The molecule has 1 aliphatic rings. The van der Waals surface area contributed by atoms with E-state index in [0.717, 1.165) is 13.1 Å². The highest BCUT2D eigenvalue weighted by molar-refractivity contribution is 5.31. The molecule has 0 aromatic heterocycles. The maximum atomic E-state index is 11.9. The largest absolute Gasteiger partial charge is 0.573 e. The molecule has 0 saturated carbocycles. The van der Waals surface area contributed by atoms with E-state index in [1.165, 1.54) is 24.3 Å². The predicted molar refractivity (Wildman–Crippen MR) is 54.0 cm³/mol. The van der Waals surface area contributed by atoms with Crippen molar-refractivity contribution in [1.82, 2.24) is 5.32 Å². The number of ether oxygens (including phenoxy) is 2. The van der Waals surface area contributed by atoms with Crippen LogP contribution in [0.15, 0.2) is 24.3 Å². The molecule has 6 heteroatoms. The average Bonchev–Trinajstić information content (AvgIpc) is 2.16. The molecule has 0 spiro atoms. The van der Waals surface area contributed by atoms with Gasteiger partial charge in [-0.3, -0.25) is 0 Å². The van der Waals surface area contributed by atoms with E-state index in [9.17, 15) is 13.2 Å². The van der Waals surface area contributed by atoms with Gasteiger partial charge in [-0.2, -0.15) is 0 Å². The molecule has 2 rings (SSSR count). The molecule has 3 nitrogen and oxygen atoms in total. The highest BCUT2D eigenvalue weighted by atomic mass is 19.4. The van der Waals surface area contributed by atoms with Crippen LogP contribution in [0.3, 0.4) is 0 Å². The van der Waals surface area contributed by atoms with Crippen LogP contribution in [-0.4, -0.2) is 26.1 Å².